The van der Waals surface area contributed by atoms with E-state index in [0.29, 0.717) is 24.9 Å². The SMILES string of the molecule is CON([C@H]1CC[C@@]2(C)C(CCC3[C@@H]2CC[C@]2(C)[C@@H](C4=CC(=O)OC4)CC[C@]32O)C1)[C@H]1C[C@H](O)[C@H](O[C@H]2C[C@H](O)[C@H](O)[C@@H](C)O2)[C@@H](C)O1. The predicted molar refractivity (Wildman–Crippen MR) is 169 cm³/mol. The number of cyclic esters (lactones) is 1. The van der Waals surface area contributed by atoms with Gasteiger partial charge in [0.2, 0.25) is 0 Å². The van der Waals surface area contributed by atoms with Crippen LogP contribution in [0, 0.1) is 34.5 Å². The van der Waals surface area contributed by atoms with Crippen LogP contribution in [0.1, 0.15) is 98.3 Å². The molecule has 2 saturated heterocycles. The van der Waals surface area contributed by atoms with Gasteiger partial charge in [-0.1, -0.05) is 13.8 Å². The minimum Gasteiger partial charge on any atom is -0.458 e. The average molecular weight is 664 g/mol. The van der Waals surface area contributed by atoms with Gasteiger partial charge in [0.25, 0.3) is 0 Å². The molecule has 0 radical (unpaired) electrons. The van der Waals surface area contributed by atoms with Crippen molar-refractivity contribution >= 4 is 5.97 Å². The summed E-state index contributed by atoms with van der Waals surface area (Å²) in [5, 5.41) is 46.0. The monoisotopic (exact) mass is 663 g/mol. The zero-order valence-electron chi connectivity index (χ0n) is 28.8. The molecule has 11 heteroatoms. The van der Waals surface area contributed by atoms with Crippen LogP contribution in [0.4, 0.5) is 0 Å². The topological polar surface area (TPSA) is 147 Å². The van der Waals surface area contributed by atoms with Gasteiger partial charge in [0.05, 0.1) is 37.1 Å². The van der Waals surface area contributed by atoms with Gasteiger partial charge in [-0.2, -0.15) is 5.06 Å². The molecule has 0 amide bonds. The second kappa shape index (κ2) is 12.6. The first kappa shape index (κ1) is 34.3. The van der Waals surface area contributed by atoms with Crippen molar-refractivity contribution in [2.45, 2.75) is 159 Å². The number of aliphatic hydroxyl groups is 4. The van der Waals surface area contributed by atoms with Gasteiger partial charge in [-0.15, -0.1) is 0 Å². The Kier molecular flexibility index (Phi) is 9.17. The molecule has 47 heavy (non-hydrogen) atoms. The molecule has 16 atom stereocenters. The van der Waals surface area contributed by atoms with E-state index in [1.54, 1.807) is 20.1 Å². The molecule has 4 N–H and O–H groups in total. The lowest BCUT2D eigenvalue weighted by atomic mass is 9.43. The Balaban J connectivity index is 0.998. The normalized spacial score (nSPS) is 53.2. The van der Waals surface area contributed by atoms with Crippen molar-refractivity contribution in [2.24, 2.45) is 34.5 Å². The number of nitrogens with zero attached hydrogens (tertiary/aromatic N) is 1. The molecule has 4 saturated carbocycles. The molecule has 4 aliphatic carbocycles. The Bertz CT molecular complexity index is 1190. The van der Waals surface area contributed by atoms with Crippen molar-refractivity contribution in [3.8, 4) is 0 Å². The quantitative estimate of drug-likeness (QED) is 0.245. The molecule has 3 heterocycles. The third-order valence-electron chi connectivity index (χ3n) is 14.5. The lowest BCUT2D eigenvalue weighted by molar-refractivity contribution is -0.335. The number of esters is 1. The Morgan fingerprint density at radius 1 is 0.894 bits per heavy atom. The van der Waals surface area contributed by atoms with E-state index in [4.69, 9.17) is 23.8 Å². The van der Waals surface area contributed by atoms with Gasteiger partial charge >= 0.3 is 5.97 Å². The molecule has 3 aliphatic heterocycles. The van der Waals surface area contributed by atoms with Crippen molar-refractivity contribution < 1.29 is 49.0 Å². The summed E-state index contributed by atoms with van der Waals surface area (Å²) < 4.78 is 23.6. The summed E-state index contributed by atoms with van der Waals surface area (Å²) in [6.07, 6.45) is 5.44. The van der Waals surface area contributed by atoms with Crippen LogP contribution < -0.4 is 0 Å². The number of carbonyl (C=O) groups is 1. The zero-order valence-corrected chi connectivity index (χ0v) is 28.8. The highest BCUT2D eigenvalue weighted by Gasteiger charge is 2.68. The van der Waals surface area contributed by atoms with Crippen molar-refractivity contribution in [2.75, 3.05) is 13.7 Å². The largest absolute Gasteiger partial charge is 0.458 e. The third kappa shape index (κ3) is 5.55. The molecule has 11 nitrogen and oxygen atoms in total. The van der Waals surface area contributed by atoms with Crippen molar-refractivity contribution in [1.29, 1.82) is 0 Å². The maximum atomic E-state index is 12.6. The maximum Gasteiger partial charge on any atom is 0.331 e. The number of aliphatic hydroxyl groups excluding tert-OH is 3. The molecule has 0 bridgehead atoms. The smallest absolute Gasteiger partial charge is 0.331 e. The van der Waals surface area contributed by atoms with Gasteiger partial charge in [0.15, 0.2) is 6.29 Å². The van der Waals surface area contributed by atoms with E-state index < -0.39 is 54.7 Å². The van der Waals surface area contributed by atoms with E-state index in [9.17, 15) is 25.2 Å². The Morgan fingerprint density at radius 3 is 2.36 bits per heavy atom. The van der Waals surface area contributed by atoms with Crippen LogP contribution in [-0.4, -0.2) is 106 Å². The highest BCUT2D eigenvalue weighted by Crippen LogP contribution is 2.70. The molecule has 7 rings (SSSR count). The lowest BCUT2D eigenvalue weighted by Gasteiger charge is -2.64. The van der Waals surface area contributed by atoms with Crippen LogP contribution in [0.15, 0.2) is 11.6 Å². The average Bonchev–Trinajstić information content (AvgIpc) is 3.57. The summed E-state index contributed by atoms with van der Waals surface area (Å²) in [6, 6.07) is 0.148. The molecule has 0 aromatic rings. The van der Waals surface area contributed by atoms with Gasteiger partial charge in [-0.3, -0.25) is 4.84 Å². The molecule has 0 spiro atoms. The van der Waals surface area contributed by atoms with Gasteiger partial charge in [0.1, 0.15) is 25.0 Å². The molecule has 0 aromatic carbocycles. The number of hydrogen-bond acceptors (Lipinski definition) is 11. The van der Waals surface area contributed by atoms with E-state index in [1.807, 2.05) is 12.0 Å². The fourth-order valence-corrected chi connectivity index (χ4v) is 11.8. The van der Waals surface area contributed by atoms with Crippen LogP contribution in [0.2, 0.25) is 0 Å². The summed E-state index contributed by atoms with van der Waals surface area (Å²) in [6.45, 7) is 8.70. The molecule has 6 fully saturated rings. The van der Waals surface area contributed by atoms with Gasteiger partial charge in [-0.25, -0.2) is 4.79 Å². The van der Waals surface area contributed by atoms with E-state index in [-0.39, 0.29) is 41.1 Å². The molecule has 266 valence electrons. The molecular formula is C36H57NO10. The lowest BCUT2D eigenvalue weighted by Crippen LogP contribution is -2.63. The minimum absolute atomic E-state index is 0.129. The third-order valence-corrected chi connectivity index (χ3v) is 14.5. The fraction of sp³-hybridized carbons (Fsp3) is 0.917. The first-order chi connectivity index (χ1) is 22.3. The standard InChI is InChI=1S/C36H57NO10/c1-19-32(41)27(38)17-31(46-19)47-33-20(2)45-29(16-28(33)39)37(43-5)23-8-11-34(3)22(15-23)6-7-26-25(34)9-12-35(4)24(10-13-36(26,35)42)21-14-30(40)44-18-21/h14,19-20,22-29,31-33,38-39,41-42H,6-13,15-18H2,1-5H3/t19-,20-,22?,23+,24-,25+,26?,27+,28+,29-,31+,32-,33-,34+,35-,36+/m1/s1. The van der Waals surface area contributed by atoms with Gasteiger partial charge < -0.3 is 39.4 Å². The number of rotatable bonds is 6. The van der Waals surface area contributed by atoms with Crippen molar-refractivity contribution in [3.05, 3.63) is 11.6 Å². The zero-order chi connectivity index (χ0) is 33.5. The summed E-state index contributed by atoms with van der Waals surface area (Å²) in [4.78, 5) is 17.9. The predicted octanol–water partition coefficient (Wildman–Crippen LogP) is 3.21. The minimum atomic E-state index is -0.965. The van der Waals surface area contributed by atoms with E-state index in [2.05, 4.69) is 13.8 Å². The molecule has 2 unspecified atom stereocenters. The fourth-order valence-electron chi connectivity index (χ4n) is 11.8. The number of fused-ring (bicyclic) bond motifs is 5. The second-order valence-electron chi connectivity index (χ2n) is 16.5. The van der Waals surface area contributed by atoms with E-state index >= 15 is 0 Å². The number of hydroxylamine groups is 2. The van der Waals surface area contributed by atoms with Gasteiger partial charge in [0, 0.05) is 30.4 Å². The number of hydrogen-bond donors (Lipinski definition) is 4. The molecule has 7 aliphatic rings. The Morgan fingerprint density at radius 2 is 1.68 bits per heavy atom. The summed E-state index contributed by atoms with van der Waals surface area (Å²) in [7, 11) is 1.68. The first-order valence-corrected chi connectivity index (χ1v) is 18.2. The van der Waals surface area contributed by atoms with Crippen LogP contribution in [0.5, 0.6) is 0 Å². The van der Waals surface area contributed by atoms with Crippen molar-refractivity contribution in [3.63, 3.8) is 0 Å². The van der Waals surface area contributed by atoms with E-state index in [1.165, 1.54) is 0 Å². The van der Waals surface area contributed by atoms with Crippen LogP contribution in [0.3, 0.4) is 0 Å². The summed E-state index contributed by atoms with van der Waals surface area (Å²) >= 11 is 0. The summed E-state index contributed by atoms with van der Waals surface area (Å²) in [5.74, 6) is 1.18. The van der Waals surface area contributed by atoms with Gasteiger partial charge in [-0.05, 0) is 106 Å². The second-order valence-corrected chi connectivity index (χ2v) is 16.5. The van der Waals surface area contributed by atoms with Crippen LogP contribution in [0.25, 0.3) is 0 Å². The highest BCUT2D eigenvalue weighted by atomic mass is 16.7. The maximum absolute atomic E-state index is 12.6. The number of carbonyl (C=O) groups excluding carboxylic acids is 1. The Hall–Kier alpha value is -1.15. The van der Waals surface area contributed by atoms with Crippen LogP contribution >= 0.6 is 0 Å². The molecular weight excluding hydrogens is 606 g/mol. The number of ether oxygens (including phenoxy) is 4. The Labute approximate surface area is 278 Å². The van der Waals surface area contributed by atoms with Crippen molar-refractivity contribution in [1.82, 2.24) is 5.06 Å². The molecule has 0 aromatic heterocycles. The van der Waals surface area contributed by atoms with Crippen LogP contribution in [-0.2, 0) is 28.6 Å². The summed E-state index contributed by atoms with van der Waals surface area (Å²) in [5.41, 5.74) is 0.246. The highest BCUT2D eigenvalue weighted by molar-refractivity contribution is 5.85. The first-order valence-electron chi connectivity index (χ1n) is 18.2. The van der Waals surface area contributed by atoms with E-state index in [0.717, 1.165) is 63.4 Å².